The van der Waals surface area contributed by atoms with E-state index in [4.69, 9.17) is 0 Å². The van der Waals surface area contributed by atoms with E-state index >= 15 is 0 Å². The summed E-state index contributed by atoms with van der Waals surface area (Å²) in [7, 11) is -3.73. The van der Waals surface area contributed by atoms with Gasteiger partial charge in [-0.25, -0.2) is 8.42 Å². The highest BCUT2D eigenvalue weighted by molar-refractivity contribution is 7.89. The van der Waals surface area contributed by atoms with Crippen molar-refractivity contribution in [2.45, 2.75) is 18.7 Å². The summed E-state index contributed by atoms with van der Waals surface area (Å²) in [5.41, 5.74) is 3.23. The van der Waals surface area contributed by atoms with Crippen LogP contribution in [-0.2, 0) is 14.8 Å². The molecule has 92 valence electrons. The van der Waals surface area contributed by atoms with Gasteiger partial charge in [0.05, 0.1) is 4.90 Å². The number of hydrogen-bond acceptors (Lipinski definition) is 3. The highest BCUT2D eigenvalue weighted by atomic mass is 32.2. The van der Waals surface area contributed by atoms with E-state index in [1.807, 2.05) is 11.8 Å². The first-order valence-corrected chi connectivity index (χ1v) is 6.35. The van der Waals surface area contributed by atoms with Crippen molar-refractivity contribution in [3.05, 3.63) is 42.0 Å². The van der Waals surface area contributed by atoms with Gasteiger partial charge in [-0.3, -0.25) is 10.2 Å². The Bertz CT molecular complexity index is 532. The molecule has 0 aliphatic carbocycles. The van der Waals surface area contributed by atoms with Crippen LogP contribution in [0.3, 0.4) is 0 Å². The summed E-state index contributed by atoms with van der Waals surface area (Å²) in [6.07, 6.45) is 0. The zero-order valence-electron chi connectivity index (χ0n) is 9.65. The van der Waals surface area contributed by atoms with Gasteiger partial charge in [-0.15, -0.1) is 4.83 Å². The highest BCUT2D eigenvalue weighted by Gasteiger charge is 2.14. The van der Waals surface area contributed by atoms with Crippen LogP contribution >= 0.6 is 0 Å². The molecule has 6 heteroatoms. The second-order valence-corrected chi connectivity index (χ2v) is 5.34. The van der Waals surface area contributed by atoms with E-state index in [9.17, 15) is 13.2 Å². The van der Waals surface area contributed by atoms with Crippen molar-refractivity contribution < 1.29 is 13.2 Å². The highest BCUT2D eigenvalue weighted by Crippen LogP contribution is 2.08. The Hall–Kier alpha value is -1.66. The summed E-state index contributed by atoms with van der Waals surface area (Å²) in [6.45, 7) is 6.73. The lowest BCUT2D eigenvalue weighted by atomic mass is 10.2. The molecule has 2 N–H and O–H groups in total. The van der Waals surface area contributed by atoms with Crippen LogP contribution in [0.2, 0.25) is 0 Å². The van der Waals surface area contributed by atoms with E-state index in [0.717, 1.165) is 5.56 Å². The first-order chi connectivity index (χ1) is 7.83. The number of aryl methyl sites for hydroxylation is 1. The molecular weight excluding hydrogens is 240 g/mol. The fourth-order valence-corrected chi connectivity index (χ4v) is 1.84. The summed E-state index contributed by atoms with van der Waals surface area (Å²) < 4.78 is 23.4. The van der Waals surface area contributed by atoms with Crippen molar-refractivity contribution in [3.63, 3.8) is 0 Å². The second kappa shape index (κ2) is 5.11. The third kappa shape index (κ3) is 3.69. The molecule has 0 saturated heterocycles. The standard InChI is InChI=1S/C11H14N2O3S/c1-8(2)11(14)12-13-17(15,16)10-6-4-9(3)5-7-10/h4-7,13H,1H2,2-3H3,(H,12,14). The second-order valence-electron chi connectivity index (χ2n) is 3.65. The lowest BCUT2D eigenvalue weighted by molar-refractivity contribution is -0.117. The van der Waals surface area contributed by atoms with Gasteiger partial charge >= 0.3 is 0 Å². The van der Waals surface area contributed by atoms with Crippen molar-refractivity contribution in [2.24, 2.45) is 0 Å². The third-order valence-electron chi connectivity index (χ3n) is 2.02. The normalized spacial score (nSPS) is 10.9. The minimum atomic E-state index is -3.73. The van der Waals surface area contributed by atoms with Crippen LogP contribution in [0, 0.1) is 6.92 Å². The molecular formula is C11H14N2O3S. The largest absolute Gasteiger partial charge is 0.274 e. The Morgan fingerprint density at radius 1 is 1.24 bits per heavy atom. The van der Waals surface area contributed by atoms with Gasteiger partial charge < -0.3 is 0 Å². The minimum Gasteiger partial charge on any atom is -0.274 e. The molecule has 0 bridgehead atoms. The third-order valence-corrected chi connectivity index (χ3v) is 3.28. The molecule has 0 spiro atoms. The van der Waals surface area contributed by atoms with Crippen LogP contribution in [0.1, 0.15) is 12.5 Å². The monoisotopic (exact) mass is 254 g/mol. The van der Waals surface area contributed by atoms with Gasteiger partial charge in [-0.1, -0.05) is 24.3 Å². The van der Waals surface area contributed by atoms with Crippen LogP contribution in [0.15, 0.2) is 41.3 Å². The van der Waals surface area contributed by atoms with Crippen molar-refractivity contribution in [1.29, 1.82) is 0 Å². The van der Waals surface area contributed by atoms with Gasteiger partial charge in [-0.2, -0.15) is 0 Å². The fraction of sp³-hybridized carbons (Fsp3) is 0.182. The minimum absolute atomic E-state index is 0.0881. The van der Waals surface area contributed by atoms with Gasteiger partial charge in [0.15, 0.2) is 0 Å². The SMILES string of the molecule is C=C(C)C(=O)NNS(=O)(=O)c1ccc(C)cc1. The average molecular weight is 254 g/mol. The van der Waals surface area contributed by atoms with Gasteiger partial charge in [0, 0.05) is 5.57 Å². The van der Waals surface area contributed by atoms with E-state index in [-0.39, 0.29) is 10.5 Å². The summed E-state index contributed by atoms with van der Waals surface area (Å²) in [5, 5.41) is 0. The van der Waals surface area contributed by atoms with Crippen LogP contribution < -0.4 is 10.3 Å². The van der Waals surface area contributed by atoms with Crippen molar-refractivity contribution in [2.75, 3.05) is 0 Å². The number of hydrazine groups is 1. The number of carbonyl (C=O) groups is 1. The van der Waals surface area contributed by atoms with E-state index in [0.29, 0.717) is 0 Å². The number of amides is 1. The van der Waals surface area contributed by atoms with Gasteiger partial charge in [0.1, 0.15) is 0 Å². The Morgan fingerprint density at radius 3 is 2.24 bits per heavy atom. The quantitative estimate of drug-likeness (QED) is 0.618. The number of benzene rings is 1. The van der Waals surface area contributed by atoms with Crippen LogP contribution in [0.25, 0.3) is 0 Å². The molecule has 0 saturated carbocycles. The van der Waals surface area contributed by atoms with Crippen LogP contribution in [-0.4, -0.2) is 14.3 Å². The van der Waals surface area contributed by atoms with E-state index in [2.05, 4.69) is 12.0 Å². The molecule has 17 heavy (non-hydrogen) atoms. The maximum atomic E-state index is 11.7. The Morgan fingerprint density at radius 2 is 1.76 bits per heavy atom. The summed E-state index contributed by atoms with van der Waals surface area (Å²) in [6, 6.07) is 6.28. The van der Waals surface area contributed by atoms with Crippen LogP contribution in [0.4, 0.5) is 0 Å². The molecule has 0 aliphatic heterocycles. The van der Waals surface area contributed by atoms with E-state index in [1.165, 1.54) is 19.1 Å². The van der Waals surface area contributed by atoms with Crippen LogP contribution in [0.5, 0.6) is 0 Å². The zero-order chi connectivity index (χ0) is 13.1. The molecule has 1 aromatic carbocycles. The number of rotatable bonds is 4. The van der Waals surface area contributed by atoms with E-state index < -0.39 is 15.9 Å². The molecule has 0 radical (unpaired) electrons. The molecule has 1 rings (SSSR count). The molecule has 1 amide bonds. The number of carbonyl (C=O) groups excluding carboxylic acids is 1. The summed E-state index contributed by atoms with van der Waals surface area (Å²) >= 11 is 0. The van der Waals surface area contributed by atoms with Crippen molar-refractivity contribution in [3.8, 4) is 0 Å². The summed E-state index contributed by atoms with van der Waals surface area (Å²) in [5.74, 6) is -0.569. The Balaban J connectivity index is 2.79. The van der Waals surface area contributed by atoms with Crippen molar-refractivity contribution >= 4 is 15.9 Å². The molecule has 0 aliphatic rings. The average Bonchev–Trinajstić information content (AvgIpc) is 2.26. The van der Waals surface area contributed by atoms with Gasteiger partial charge in [-0.05, 0) is 26.0 Å². The molecule has 0 unspecified atom stereocenters. The topological polar surface area (TPSA) is 75.3 Å². The molecule has 0 heterocycles. The smallest absolute Gasteiger partial charge is 0.261 e. The van der Waals surface area contributed by atoms with Gasteiger partial charge in [0.2, 0.25) is 0 Å². The van der Waals surface area contributed by atoms with Gasteiger partial charge in [0.25, 0.3) is 15.9 Å². The Labute approximate surface area is 101 Å². The van der Waals surface area contributed by atoms with Crippen molar-refractivity contribution in [1.82, 2.24) is 10.3 Å². The lowest BCUT2D eigenvalue weighted by Crippen LogP contribution is -2.41. The first-order valence-electron chi connectivity index (χ1n) is 4.87. The van der Waals surface area contributed by atoms with E-state index in [1.54, 1.807) is 12.1 Å². The molecule has 0 atom stereocenters. The predicted octanol–water partition coefficient (Wildman–Crippen LogP) is 0.881. The first kappa shape index (κ1) is 13.4. The lowest BCUT2D eigenvalue weighted by Gasteiger charge is -2.08. The predicted molar refractivity (Wildman–Crippen MR) is 64.5 cm³/mol. The molecule has 1 aromatic rings. The number of sulfonamides is 1. The maximum absolute atomic E-state index is 11.7. The zero-order valence-corrected chi connectivity index (χ0v) is 10.5. The molecule has 0 aromatic heterocycles. The molecule has 0 fully saturated rings. The Kier molecular flexibility index (Phi) is 4.03. The summed E-state index contributed by atoms with van der Waals surface area (Å²) in [4.78, 5) is 13.2. The molecule has 5 nitrogen and oxygen atoms in total. The maximum Gasteiger partial charge on any atom is 0.261 e. The number of hydrogen-bond donors (Lipinski definition) is 2. The number of nitrogens with one attached hydrogen (secondary N) is 2. The fourth-order valence-electron chi connectivity index (χ4n) is 0.997.